The van der Waals surface area contributed by atoms with E-state index in [0.29, 0.717) is 5.92 Å². The van der Waals surface area contributed by atoms with Gasteiger partial charge in [0.25, 0.3) is 0 Å². The zero-order chi connectivity index (χ0) is 14.2. The van der Waals surface area contributed by atoms with Crippen LogP contribution in [0.3, 0.4) is 0 Å². The number of hydrogen-bond donors (Lipinski definition) is 0. The first-order chi connectivity index (χ1) is 9.56. The lowest BCUT2D eigenvalue weighted by atomic mass is 9.89. The van der Waals surface area contributed by atoms with Crippen LogP contribution in [-0.4, -0.2) is 28.2 Å². The van der Waals surface area contributed by atoms with Crippen molar-refractivity contribution in [3.05, 3.63) is 36.0 Å². The van der Waals surface area contributed by atoms with Gasteiger partial charge < -0.3 is 4.74 Å². The summed E-state index contributed by atoms with van der Waals surface area (Å²) in [6, 6.07) is 8.58. The molecule has 0 atom stereocenters. The number of rotatable bonds is 4. The van der Waals surface area contributed by atoms with Crippen LogP contribution in [0.2, 0.25) is 0 Å². The average molecular weight is 271 g/mol. The molecule has 4 nitrogen and oxygen atoms in total. The molecule has 1 aromatic carbocycles. The third-order valence-electron chi connectivity index (χ3n) is 3.86. The van der Waals surface area contributed by atoms with Crippen LogP contribution < -0.4 is 0 Å². The molecular formula is C16H21N3O. The van der Waals surface area contributed by atoms with Gasteiger partial charge >= 0.3 is 0 Å². The molecule has 1 fully saturated rings. The van der Waals surface area contributed by atoms with Crippen molar-refractivity contribution in [2.75, 3.05) is 13.2 Å². The average Bonchev–Trinajstić information content (AvgIpc) is 2.85. The minimum absolute atomic E-state index is 0.215. The molecule has 0 spiro atoms. The van der Waals surface area contributed by atoms with Crippen molar-refractivity contribution in [3.63, 3.8) is 0 Å². The van der Waals surface area contributed by atoms with Gasteiger partial charge in [-0.2, -0.15) is 0 Å². The maximum Gasteiger partial charge on any atom is 0.113 e. The quantitative estimate of drug-likeness (QED) is 0.858. The Balaban J connectivity index is 1.75. The molecule has 2 aromatic rings. The second-order valence-corrected chi connectivity index (χ2v) is 6.38. The summed E-state index contributed by atoms with van der Waals surface area (Å²) in [5, 5.41) is 8.50. The van der Waals surface area contributed by atoms with E-state index in [1.165, 1.54) is 5.56 Å². The van der Waals surface area contributed by atoms with Crippen molar-refractivity contribution in [1.29, 1.82) is 0 Å². The molecule has 0 saturated carbocycles. The molecular weight excluding hydrogens is 250 g/mol. The van der Waals surface area contributed by atoms with Crippen molar-refractivity contribution in [1.82, 2.24) is 15.0 Å². The Kier molecular flexibility index (Phi) is 3.34. The largest absolute Gasteiger partial charge is 0.380 e. The Hall–Kier alpha value is -1.68. The molecule has 1 aromatic heterocycles. The topological polar surface area (TPSA) is 39.9 Å². The summed E-state index contributed by atoms with van der Waals surface area (Å²) in [4.78, 5) is 0. The number of nitrogens with zero attached hydrogens (tertiary/aromatic N) is 3. The lowest BCUT2D eigenvalue weighted by molar-refractivity contribution is -0.111. The third-order valence-corrected chi connectivity index (χ3v) is 3.86. The Labute approximate surface area is 119 Å². The second-order valence-electron chi connectivity index (χ2n) is 6.38. The molecule has 0 bridgehead atoms. The van der Waals surface area contributed by atoms with Crippen LogP contribution in [0, 0.1) is 5.41 Å². The van der Waals surface area contributed by atoms with Crippen LogP contribution in [0.25, 0.3) is 11.3 Å². The fraction of sp³-hybridized carbons (Fsp3) is 0.500. The van der Waals surface area contributed by atoms with Gasteiger partial charge in [0.1, 0.15) is 5.69 Å². The fourth-order valence-electron chi connectivity index (χ4n) is 2.48. The van der Waals surface area contributed by atoms with Gasteiger partial charge in [-0.1, -0.05) is 50.3 Å². The highest BCUT2D eigenvalue weighted by Gasteiger charge is 2.34. The maximum absolute atomic E-state index is 5.28. The van der Waals surface area contributed by atoms with Gasteiger partial charge in [0.2, 0.25) is 0 Å². The lowest BCUT2D eigenvalue weighted by Gasteiger charge is -2.37. The van der Waals surface area contributed by atoms with Crippen molar-refractivity contribution < 1.29 is 4.74 Å². The van der Waals surface area contributed by atoms with Crippen molar-refractivity contribution >= 4 is 0 Å². The highest BCUT2D eigenvalue weighted by molar-refractivity contribution is 5.58. The molecule has 0 radical (unpaired) electrons. The van der Waals surface area contributed by atoms with E-state index in [-0.39, 0.29) is 5.41 Å². The Morgan fingerprint density at radius 3 is 2.50 bits per heavy atom. The van der Waals surface area contributed by atoms with Gasteiger partial charge in [-0.15, -0.1) is 5.10 Å². The Bertz CT molecular complexity index is 582. The molecule has 2 heterocycles. The highest BCUT2D eigenvalue weighted by atomic mass is 16.5. The van der Waals surface area contributed by atoms with E-state index < -0.39 is 0 Å². The van der Waals surface area contributed by atoms with Crippen LogP contribution in [0.1, 0.15) is 32.3 Å². The molecule has 1 aliphatic rings. The third kappa shape index (κ3) is 2.61. The summed E-state index contributed by atoms with van der Waals surface area (Å²) >= 11 is 0. The zero-order valence-corrected chi connectivity index (χ0v) is 12.3. The van der Waals surface area contributed by atoms with E-state index in [4.69, 9.17) is 4.74 Å². The van der Waals surface area contributed by atoms with E-state index in [1.54, 1.807) is 0 Å². The summed E-state index contributed by atoms with van der Waals surface area (Å²) in [5.74, 6) is 0.554. The molecule has 0 N–H and O–H groups in total. The van der Waals surface area contributed by atoms with E-state index in [2.05, 4.69) is 55.3 Å². The van der Waals surface area contributed by atoms with Gasteiger partial charge in [0, 0.05) is 11.0 Å². The Morgan fingerprint density at radius 2 is 1.95 bits per heavy atom. The lowest BCUT2D eigenvalue weighted by Crippen LogP contribution is -2.43. The molecule has 106 valence electrons. The van der Waals surface area contributed by atoms with Crippen LogP contribution in [0.15, 0.2) is 30.5 Å². The first kappa shape index (κ1) is 13.3. The van der Waals surface area contributed by atoms with Gasteiger partial charge in [0.15, 0.2) is 0 Å². The van der Waals surface area contributed by atoms with Crippen LogP contribution in [0.4, 0.5) is 0 Å². The normalized spacial score (nSPS) is 17.2. The molecule has 3 rings (SSSR count). The summed E-state index contributed by atoms with van der Waals surface area (Å²) in [5.41, 5.74) is 3.62. The zero-order valence-electron chi connectivity index (χ0n) is 12.3. The van der Waals surface area contributed by atoms with Gasteiger partial charge in [0.05, 0.1) is 26.0 Å². The molecule has 0 unspecified atom stereocenters. The predicted octanol–water partition coefficient (Wildman–Crippen LogP) is 3.11. The van der Waals surface area contributed by atoms with E-state index in [0.717, 1.165) is 31.0 Å². The smallest absolute Gasteiger partial charge is 0.113 e. The minimum atomic E-state index is 0.215. The molecule has 1 saturated heterocycles. The number of ether oxygens (including phenoxy) is 1. The summed E-state index contributed by atoms with van der Waals surface area (Å²) in [6.45, 7) is 9.11. The number of hydrogen-bond acceptors (Lipinski definition) is 3. The summed E-state index contributed by atoms with van der Waals surface area (Å²) in [6.07, 6.45) is 2.02. The molecule has 0 aliphatic carbocycles. The van der Waals surface area contributed by atoms with E-state index in [1.807, 2.05) is 10.9 Å². The number of aromatic nitrogens is 3. The van der Waals surface area contributed by atoms with Gasteiger partial charge in [-0.3, -0.25) is 4.68 Å². The first-order valence-electron chi connectivity index (χ1n) is 7.14. The van der Waals surface area contributed by atoms with Crippen LogP contribution >= 0.6 is 0 Å². The van der Waals surface area contributed by atoms with Crippen molar-refractivity contribution in [3.8, 4) is 11.3 Å². The first-order valence-corrected chi connectivity index (χ1v) is 7.14. The van der Waals surface area contributed by atoms with Crippen LogP contribution in [-0.2, 0) is 11.3 Å². The summed E-state index contributed by atoms with van der Waals surface area (Å²) in [7, 11) is 0. The van der Waals surface area contributed by atoms with Gasteiger partial charge in [-0.25, -0.2) is 0 Å². The molecule has 20 heavy (non-hydrogen) atoms. The molecule has 0 amide bonds. The standard InChI is InChI=1S/C16H21N3O/c1-12(2)13-4-6-14(7-5-13)15-8-19(18-17-15)9-16(3)10-20-11-16/h4-8,12H,9-11H2,1-3H3. The second kappa shape index (κ2) is 5.02. The minimum Gasteiger partial charge on any atom is -0.380 e. The van der Waals surface area contributed by atoms with Crippen LogP contribution in [0.5, 0.6) is 0 Å². The summed E-state index contributed by atoms with van der Waals surface area (Å²) < 4.78 is 7.20. The molecule has 1 aliphatic heterocycles. The predicted molar refractivity (Wildman–Crippen MR) is 78.5 cm³/mol. The molecule has 4 heteroatoms. The van der Waals surface area contributed by atoms with Crippen molar-refractivity contribution in [2.24, 2.45) is 5.41 Å². The van der Waals surface area contributed by atoms with Crippen molar-refractivity contribution in [2.45, 2.75) is 33.2 Å². The SMILES string of the molecule is CC(C)c1ccc(-c2cn(CC3(C)COC3)nn2)cc1. The van der Waals surface area contributed by atoms with E-state index >= 15 is 0 Å². The highest BCUT2D eigenvalue weighted by Crippen LogP contribution is 2.28. The monoisotopic (exact) mass is 271 g/mol. The number of benzene rings is 1. The van der Waals surface area contributed by atoms with Gasteiger partial charge in [-0.05, 0) is 11.5 Å². The fourth-order valence-corrected chi connectivity index (χ4v) is 2.48. The Morgan fingerprint density at radius 1 is 1.25 bits per heavy atom. The maximum atomic E-state index is 5.28. The van der Waals surface area contributed by atoms with E-state index in [9.17, 15) is 0 Å².